The van der Waals surface area contributed by atoms with Crippen LogP contribution in [0.5, 0.6) is 0 Å². The van der Waals surface area contributed by atoms with Crippen LogP contribution in [0.3, 0.4) is 0 Å². The molecule has 0 aliphatic carbocycles. The van der Waals surface area contributed by atoms with Crippen LogP contribution in [0.1, 0.15) is 226 Å². The summed E-state index contributed by atoms with van der Waals surface area (Å²) in [6.45, 7) is 50.7. The topological polar surface area (TPSA) is 289 Å². The van der Waals surface area contributed by atoms with Crippen LogP contribution < -0.4 is 31.9 Å². The molecular weight excluding hydrogens is 1090 g/mol. The van der Waals surface area contributed by atoms with Crippen LogP contribution in [0.15, 0.2) is 71.9 Å². The molecule has 0 fully saturated rings. The Kier molecular flexibility index (Phi) is 43.6. The summed E-state index contributed by atoms with van der Waals surface area (Å²) in [4.78, 5) is 82.9. The minimum Gasteiger partial charge on any atom is -0.447 e. The Bertz CT molecular complexity index is 2360. The monoisotopic (exact) mass is 1200 g/mol. The summed E-state index contributed by atoms with van der Waals surface area (Å²) < 4.78 is 25.1. The Morgan fingerprint density at radius 2 is 0.965 bits per heavy atom. The van der Waals surface area contributed by atoms with Crippen LogP contribution in [-0.2, 0) is 18.9 Å². The zero-order chi connectivity index (χ0) is 66.0. The molecule has 6 amide bonds. The number of hydrogen-bond donors (Lipinski definition) is 6. The van der Waals surface area contributed by atoms with E-state index in [9.17, 15) is 28.8 Å². The first-order chi connectivity index (χ1) is 39.2. The Morgan fingerprint density at radius 3 is 1.31 bits per heavy atom. The molecule has 0 radical (unpaired) electrons. The molecule has 0 aromatic carbocycles. The van der Waals surface area contributed by atoms with Crippen molar-refractivity contribution in [3.05, 3.63) is 101 Å². The summed E-state index contributed by atoms with van der Waals surface area (Å²) in [6.07, 6.45) is 6.89. The van der Waals surface area contributed by atoms with Gasteiger partial charge in [0, 0.05) is 85.8 Å². The third-order valence-electron chi connectivity index (χ3n) is 9.06. The number of nitrogens with zero attached hydrogens (tertiary/aromatic N) is 5. The molecule has 0 bridgehead atoms. The van der Waals surface area contributed by atoms with E-state index in [2.05, 4.69) is 98.5 Å². The summed E-state index contributed by atoms with van der Waals surface area (Å²) in [5, 5.41) is 20.2. The fourth-order valence-corrected chi connectivity index (χ4v) is 5.24. The van der Waals surface area contributed by atoms with Crippen molar-refractivity contribution in [2.24, 2.45) is 11.8 Å². The van der Waals surface area contributed by atoms with Gasteiger partial charge in [0.15, 0.2) is 5.82 Å². The predicted octanol–water partition coefficient (Wildman–Crippen LogP) is 12.2. The van der Waals surface area contributed by atoms with Gasteiger partial charge in [-0.15, -0.1) is 0 Å². The number of pyridine rings is 3. The maximum absolute atomic E-state index is 11.5. The van der Waals surface area contributed by atoms with E-state index in [-0.39, 0.29) is 72.4 Å². The number of nitrogens with one attached hydrogen (secondary N) is 6. The Hall–Kier alpha value is -7.23. The number of carbonyl (C=O) groups is 6. The molecule has 85 heavy (non-hydrogen) atoms. The Morgan fingerprint density at radius 1 is 0.518 bits per heavy atom. The molecule has 0 spiro atoms. The second-order valence-electron chi connectivity index (χ2n) is 24.3. The number of aryl methyl sites for hydroxylation is 1. The third-order valence-corrected chi connectivity index (χ3v) is 9.06. The summed E-state index contributed by atoms with van der Waals surface area (Å²) in [7, 11) is 0. The normalized spacial score (nSPS) is 10.7. The smallest absolute Gasteiger partial charge is 0.407 e. The van der Waals surface area contributed by atoms with Crippen LogP contribution >= 0.6 is 0 Å². The second kappa shape index (κ2) is 45.2. The van der Waals surface area contributed by atoms with Crippen molar-refractivity contribution >= 4 is 36.0 Å². The highest BCUT2D eigenvalue weighted by atomic mass is 16.6. The molecule has 0 aliphatic rings. The van der Waals surface area contributed by atoms with Gasteiger partial charge in [0.1, 0.15) is 12.2 Å². The second-order valence-corrected chi connectivity index (χ2v) is 24.3. The van der Waals surface area contributed by atoms with E-state index in [1.54, 1.807) is 61.3 Å². The minimum atomic E-state index is -0.404. The zero-order valence-electron chi connectivity index (χ0n) is 56.1. The van der Waals surface area contributed by atoms with Crippen molar-refractivity contribution in [2.45, 2.75) is 226 Å². The van der Waals surface area contributed by atoms with Gasteiger partial charge in [0.2, 0.25) is 5.89 Å². The maximum Gasteiger partial charge on any atom is 0.407 e. The maximum atomic E-state index is 11.5. The van der Waals surface area contributed by atoms with Gasteiger partial charge < -0.3 is 55.4 Å². The Labute approximate surface area is 509 Å². The molecule has 4 aromatic rings. The lowest BCUT2D eigenvalue weighted by Crippen LogP contribution is -2.36. The fraction of sp³-hybridized carbons (Fsp3) is 0.635. The largest absolute Gasteiger partial charge is 0.447 e. The van der Waals surface area contributed by atoms with E-state index >= 15 is 0 Å². The molecule has 0 saturated carbocycles. The number of hydrogen-bond acceptors (Lipinski definition) is 16. The van der Waals surface area contributed by atoms with Crippen molar-refractivity contribution in [3.8, 4) is 0 Å². The van der Waals surface area contributed by atoms with Crippen molar-refractivity contribution in [1.82, 2.24) is 57.0 Å². The van der Waals surface area contributed by atoms with Crippen molar-refractivity contribution in [2.75, 3.05) is 26.3 Å². The lowest BCUT2D eigenvalue weighted by molar-refractivity contribution is -0.0232. The molecule has 4 rings (SSSR count). The molecule has 482 valence electrons. The highest BCUT2D eigenvalue weighted by Crippen LogP contribution is 2.15. The van der Waals surface area contributed by atoms with Crippen molar-refractivity contribution in [1.29, 1.82) is 0 Å². The molecule has 22 nitrogen and oxygen atoms in total. The number of ether oxygens (including phenoxy) is 4. The molecule has 4 aromatic heterocycles. The molecule has 4 heterocycles. The summed E-state index contributed by atoms with van der Waals surface area (Å²) in [6, 6.07) is 11.2. The summed E-state index contributed by atoms with van der Waals surface area (Å²) in [5.41, 5.74) is 2.17. The average Bonchev–Trinajstić information content (AvgIpc) is 3.96. The van der Waals surface area contributed by atoms with Crippen LogP contribution in [0.25, 0.3) is 0 Å². The van der Waals surface area contributed by atoms with E-state index in [0.29, 0.717) is 60.1 Å². The van der Waals surface area contributed by atoms with E-state index in [1.807, 2.05) is 138 Å². The standard InChI is InChI=1S/C11H16N2O.C10H14N2O.C10H21NO3.C9H12N2O.C8H14N2O.C8H17NO2.C7H15NO2/c1-8(2)6-13-11(14)10-5-4-9(3)12-7-10;1-8(2)6-12-10(13)9-4-3-5-11-7-9;1-8(2)11-9(12)13-6-7-14-10(3,4)5;1-7(2)11-9(12)8-4-3-5-10-6-8;1-5(2)7-9-8(6(3)4)11-10-7;1-6(2)9-7(10)11-8(3,4)5;1-5(2)8-7(9)10-6(3)4/h4-5,7-8H,6H2,1-3H3,(H,13,14);3-5,7-8H,6H2,1-2H3,(H,12,13);8H,6-7H2,1-5H3,(H,11,12);3-7H,1-2H3,(H,11,12);5-6H,1-4H3;6H,1-5H3,(H,9,10);5-6H,1-4H3,(H,8,9). The van der Waals surface area contributed by atoms with Crippen molar-refractivity contribution in [3.63, 3.8) is 0 Å². The van der Waals surface area contributed by atoms with E-state index in [0.717, 1.165) is 17.4 Å². The third kappa shape index (κ3) is 52.1. The van der Waals surface area contributed by atoms with Gasteiger partial charge in [-0.25, -0.2) is 14.4 Å². The number of rotatable bonds is 17. The molecule has 0 aliphatic heterocycles. The van der Waals surface area contributed by atoms with Crippen LogP contribution in [-0.4, -0.2) is 129 Å². The molecule has 0 atom stereocenters. The van der Waals surface area contributed by atoms with Crippen LogP contribution in [0.4, 0.5) is 14.4 Å². The van der Waals surface area contributed by atoms with Gasteiger partial charge in [0.25, 0.3) is 17.7 Å². The number of alkyl carbamates (subject to hydrolysis) is 3. The predicted molar refractivity (Wildman–Crippen MR) is 337 cm³/mol. The van der Waals surface area contributed by atoms with Gasteiger partial charge in [-0.1, -0.05) is 60.5 Å². The van der Waals surface area contributed by atoms with Gasteiger partial charge in [0.05, 0.1) is 35.0 Å². The number of amides is 6. The molecule has 0 unspecified atom stereocenters. The molecular formula is C63H109N11O11. The lowest BCUT2D eigenvalue weighted by atomic mass is 10.2. The van der Waals surface area contributed by atoms with Crippen LogP contribution in [0.2, 0.25) is 0 Å². The van der Waals surface area contributed by atoms with E-state index in [4.69, 9.17) is 23.5 Å². The van der Waals surface area contributed by atoms with E-state index in [1.165, 1.54) is 0 Å². The first-order valence-corrected chi connectivity index (χ1v) is 29.2. The van der Waals surface area contributed by atoms with Crippen LogP contribution in [0, 0.1) is 18.8 Å². The van der Waals surface area contributed by atoms with Gasteiger partial charge >= 0.3 is 18.3 Å². The minimum absolute atomic E-state index is 0.0428. The fourth-order valence-electron chi connectivity index (χ4n) is 5.24. The number of carbonyl (C=O) groups excluding carboxylic acids is 6. The molecule has 0 saturated heterocycles. The van der Waals surface area contributed by atoms with Gasteiger partial charge in [-0.2, -0.15) is 4.98 Å². The first kappa shape index (κ1) is 82.0. The number of aromatic nitrogens is 5. The summed E-state index contributed by atoms with van der Waals surface area (Å²) in [5.74, 6) is 2.98. The summed E-state index contributed by atoms with van der Waals surface area (Å²) >= 11 is 0. The lowest BCUT2D eigenvalue weighted by Gasteiger charge is -2.20. The molecule has 22 heteroatoms. The zero-order valence-corrected chi connectivity index (χ0v) is 56.1. The van der Waals surface area contributed by atoms with Crippen molar-refractivity contribution < 1.29 is 52.2 Å². The van der Waals surface area contributed by atoms with Gasteiger partial charge in [-0.05, 0) is 166 Å². The highest BCUT2D eigenvalue weighted by molar-refractivity contribution is 5.94. The Balaban J connectivity index is -0.000000926. The molecule has 6 N–H and O–H groups in total. The SMILES string of the molecule is CC(C)CNC(=O)c1cccnc1.CC(C)NC(=O)OC(C)(C)C.CC(C)NC(=O)OC(C)C.CC(C)NC(=O)OCCOC(C)(C)C.CC(C)NC(=O)c1cccnc1.CC(C)c1noc(C(C)C)n1.Cc1ccc(C(=O)NCC(C)C)cn1. The van der Waals surface area contributed by atoms with E-state index < -0.39 is 11.7 Å². The quantitative estimate of drug-likeness (QED) is 0.0423. The van der Waals surface area contributed by atoms with Gasteiger partial charge in [-0.3, -0.25) is 29.3 Å². The average molecular weight is 1200 g/mol. The first-order valence-electron chi connectivity index (χ1n) is 29.2. The highest BCUT2D eigenvalue weighted by Gasteiger charge is 2.17.